The van der Waals surface area contributed by atoms with Gasteiger partial charge in [0.15, 0.2) is 11.0 Å². The zero-order valence-electron chi connectivity index (χ0n) is 17.9. The summed E-state index contributed by atoms with van der Waals surface area (Å²) >= 11 is 7.27. The van der Waals surface area contributed by atoms with Gasteiger partial charge in [-0.15, -0.1) is 10.2 Å². The smallest absolute Gasteiger partial charge is 0.339 e. The molecule has 0 aliphatic heterocycles. The molecule has 1 amide bonds. The lowest BCUT2D eigenvalue weighted by Gasteiger charge is -2.10. The number of anilines is 1. The van der Waals surface area contributed by atoms with Crippen LogP contribution in [0, 0.1) is 6.92 Å². The number of nitrogens with zero attached hydrogens (tertiary/aromatic N) is 3. The van der Waals surface area contributed by atoms with Gasteiger partial charge in [-0.25, -0.2) is 4.79 Å². The highest BCUT2D eigenvalue weighted by molar-refractivity contribution is 7.99. The first kappa shape index (κ1) is 23.6. The fourth-order valence-electron chi connectivity index (χ4n) is 2.83. The highest BCUT2D eigenvalue weighted by Gasteiger charge is 2.15. The normalized spacial score (nSPS) is 10.6. The van der Waals surface area contributed by atoms with Gasteiger partial charge in [-0.05, 0) is 44.2 Å². The molecule has 2 aromatic carbocycles. The van der Waals surface area contributed by atoms with Gasteiger partial charge in [-0.3, -0.25) is 4.79 Å². The Morgan fingerprint density at radius 3 is 2.59 bits per heavy atom. The number of ether oxygens (including phenoxy) is 2. The van der Waals surface area contributed by atoms with Crippen LogP contribution in [0.15, 0.2) is 47.6 Å². The molecule has 0 atom stereocenters. The van der Waals surface area contributed by atoms with E-state index < -0.39 is 5.97 Å². The van der Waals surface area contributed by atoms with Crippen molar-refractivity contribution in [3.8, 4) is 5.75 Å². The molecule has 0 radical (unpaired) electrons. The van der Waals surface area contributed by atoms with Gasteiger partial charge in [0.05, 0.1) is 23.4 Å². The molecule has 0 bridgehead atoms. The number of benzene rings is 2. The molecule has 1 aromatic heterocycles. The Bertz CT molecular complexity index is 1100. The number of aromatic nitrogens is 3. The molecule has 0 saturated carbocycles. The number of thioether (sulfide) groups is 1. The second-order valence-electron chi connectivity index (χ2n) is 6.77. The van der Waals surface area contributed by atoms with E-state index in [-0.39, 0.29) is 28.9 Å². The van der Waals surface area contributed by atoms with Crippen LogP contribution in [0.4, 0.5) is 5.69 Å². The number of hydrogen-bond donors (Lipinski definition) is 1. The molecule has 0 aliphatic carbocycles. The molecule has 0 saturated heterocycles. The highest BCUT2D eigenvalue weighted by Crippen LogP contribution is 2.23. The average Bonchev–Trinajstić information content (AvgIpc) is 3.19. The van der Waals surface area contributed by atoms with E-state index in [1.165, 1.54) is 31.0 Å². The second kappa shape index (κ2) is 11.0. The molecule has 0 unspecified atom stereocenters. The molecule has 10 heteroatoms. The van der Waals surface area contributed by atoms with Crippen LogP contribution in [0.2, 0.25) is 5.02 Å². The van der Waals surface area contributed by atoms with Gasteiger partial charge in [0, 0.05) is 12.2 Å². The number of methoxy groups -OCH3 is 1. The van der Waals surface area contributed by atoms with Crippen molar-refractivity contribution in [3.05, 3.63) is 64.4 Å². The zero-order valence-corrected chi connectivity index (χ0v) is 19.5. The molecule has 3 aromatic rings. The standard InChI is InChI=1S/C22H23ClN4O4S/c1-4-27-19(12-31-16-8-5-14(2)6-9-16)25-26-22(27)32-13-20(28)24-15-7-10-18(23)17(11-15)21(29)30-3/h5-11H,4,12-13H2,1-3H3,(H,24,28). The zero-order chi connectivity index (χ0) is 23.1. The molecule has 1 heterocycles. The number of carbonyl (C=O) groups is 2. The molecular weight excluding hydrogens is 452 g/mol. The van der Waals surface area contributed by atoms with Gasteiger partial charge >= 0.3 is 5.97 Å². The van der Waals surface area contributed by atoms with Gasteiger partial charge in [-0.2, -0.15) is 0 Å². The first-order chi connectivity index (χ1) is 15.4. The van der Waals surface area contributed by atoms with E-state index in [0.29, 0.717) is 23.2 Å². The lowest BCUT2D eigenvalue weighted by atomic mass is 10.2. The van der Waals surface area contributed by atoms with Crippen LogP contribution in [-0.4, -0.2) is 39.5 Å². The number of halogens is 1. The summed E-state index contributed by atoms with van der Waals surface area (Å²) < 4.78 is 12.4. The third-order valence-electron chi connectivity index (χ3n) is 4.49. The quantitative estimate of drug-likeness (QED) is 0.363. The third-order valence-corrected chi connectivity index (χ3v) is 5.78. The molecule has 8 nitrogen and oxygen atoms in total. The topological polar surface area (TPSA) is 95.3 Å². The summed E-state index contributed by atoms with van der Waals surface area (Å²) in [5.41, 5.74) is 1.79. The lowest BCUT2D eigenvalue weighted by Crippen LogP contribution is -2.15. The summed E-state index contributed by atoms with van der Waals surface area (Å²) in [6, 6.07) is 12.4. The molecule has 0 fully saturated rings. The van der Waals surface area contributed by atoms with Crippen molar-refractivity contribution in [1.29, 1.82) is 0 Å². The number of nitrogens with one attached hydrogen (secondary N) is 1. The molecule has 0 aliphatic rings. The maximum Gasteiger partial charge on any atom is 0.339 e. The van der Waals surface area contributed by atoms with Crippen LogP contribution < -0.4 is 10.1 Å². The Kier molecular flexibility index (Phi) is 8.13. The van der Waals surface area contributed by atoms with Crippen LogP contribution in [0.3, 0.4) is 0 Å². The van der Waals surface area contributed by atoms with Crippen molar-refractivity contribution in [2.75, 3.05) is 18.2 Å². The summed E-state index contributed by atoms with van der Waals surface area (Å²) in [7, 11) is 1.27. The first-order valence-electron chi connectivity index (χ1n) is 9.83. The van der Waals surface area contributed by atoms with E-state index in [9.17, 15) is 9.59 Å². The van der Waals surface area contributed by atoms with Gasteiger partial charge in [0.25, 0.3) is 0 Å². The summed E-state index contributed by atoms with van der Waals surface area (Å²) in [5, 5.41) is 12.0. The van der Waals surface area contributed by atoms with E-state index >= 15 is 0 Å². The summed E-state index contributed by atoms with van der Waals surface area (Å²) in [5.74, 6) is 0.723. The van der Waals surface area contributed by atoms with Crippen LogP contribution in [0.5, 0.6) is 5.75 Å². The van der Waals surface area contributed by atoms with Gasteiger partial charge in [0.2, 0.25) is 5.91 Å². The molecular formula is C22H23ClN4O4S. The molecule has 32 heavy (non-hydrogen) atoms. The van der Waals surface area contributed by atoms with Crippen molar-refractivity contribution < 1.29 is 19.1 Å². The third kappa shape index (κ3) is 6.02. The SMILES string of the molecule is CCn1c(COc2ccc(C)cc2)nnc1SCC(=O)Nc1ccc(Cl)c(C(=O)OC)c1. The van der Waals surface area contributed by atoms with Gasteiger partial charge in [-0.1, -0.05) is 41.1 Å². The van der Waals surface area contributed by atoms with E-state index in [4.69, 9.17) is 21.1 Å². The minimum absolute atomic E-state index is 0.118. The Balaban J connectivity index is 1.59. The largest absolute Gasteiger partial charge is 0.486 e. The maximum atomic E-state index is 12.4. The fraction of sp³-hybridized carbons (Fsp3) is 0.273. The van der Waals surface area contributed by atoms with Crippen molar-refractivity contribution >= 4 is 40.9 Å². The average molecular weight is 475 g/mol. The minimum atomic E-state index is -0.572. The van der Waals surface area contributed by atoms with Crippen molar-refractivity contribution in [2.24, 2.45) is 0 Å². The van der Waals surface area contributed by atoms with Crippen LogP contribution in [0.1, 0.15) is 28.7 Å². The Morgan fingerprint density at radius 1 is 1.16 bits per heavy atom. The van der Waals surface area contributed by atoms with Crippen molar-refractivity contribution in [2.45, 2.75) is 32.2 Å². The minimum Gasteiger partial charge on any atom is -0.486 e. The van der Waals surface area contributed by atoms with Gasteiger partial charge in [0.1, 0.15) is 12.4 Å². The van der Waals surface area contributed by atoms with Crippen LogP contribution in [0.25, 0.3) is 0 Å². The monoisotopic (exact) mass is 474 g/mol. The number of aryl methyl sites for hydroxylation is 1. The summed E-state index contributed by atoms with van der Waals surface area (Å²) in [6.07, 6.45) is 0. The van der Waals surface area contributed by atoms with Crippen molar-refractivity contribution in [1.82, 2.24) is 14.8 Å². The van der Waals surface area contributed by atoms with Crippen LogP contribution in [-0.2, 0) is 22.7 Å². The molecule has 1 N–H and O–H groups in total. The Hall–Kier alpha value is -3.04. The number of hydrogen-bond acceptors (Lipinski definition) is 7. The van der Waals surface area contributed by atoms with E-state index in [0.717, 1.165) is 11.3 Å². The fourth-order valence-corrected chi connectivity index (χ4v) is 3.85. The van der Waals surface area contributed by atoms with E-state index in [1.807, 2.05) is 42.7 Å². The number of rotatable bonds is 9. The van der Waals surface area contributed by atoms with Gasteiger partial charge < -0.3 is 19.4 Å². The predicted molar refractivity (Wildman–Crippen MR) is 123 cm³/mol. The number of amides is 1. The molecule has 168 valence electrons. The Labute approximate surface area is 195 Å². The molecule has 0 spiro atoms. The second-order valence-corrected chi connectivity index (χ2v) is 8.12. The molecule has 3 rings (SSSR count). The van der Waals surface area contributed by atoms with E-state index in [1.54, 1.807) is 6.07 Å². The predicted octanol–water partition coefficient (Wildman–Crippen LogP) is 4.36. The number of carbonyl (C=O) groups excluding carboxylic acids is 2. The first-order valence-corrected chi connectivity index (χ1v) is 11.2. The Morgan fingerprint density at radius 2 is 1.91 bits per heavy atom. The van der Waals surface area contributed by atoms with Crippen molar-refractivity contribution in [3.63, 3.8) is 0 Å². The number of esters is 1. The lowest BCUT2D eigenvalue weighted by molar-refractivity contribution is -0.113. The van der Waals surface area contributed by atoms with E-state index in [2.05, 4.69) is 15.5 Å². The van der Waals surface area contributed by atoms with Crippen LogP contribution >= 0.6 is 23.4 Å². The summed E-state index contributed by atoms with van der Waals surface area (Å²) in [6.45, 7) is 4.91. The highest BCUT2D eigenvalue weighted by atomic mass is 35.5. The maximum absolute atomic E-state index is 12.4. The summed E-state index contributed by atoms with van der Waals surface area (Å²) in [4.78, 5) is 24.2.